The Balaban J connectivity index is 1.43. The minimum atomic E-state index is -0.882. The third kappa shape index (κ3) is 5.11. The number of hydrogen-bond acceptors (Lipinski definition) is 5. The molecule has 0 unspecified atom stereocenters. The van der Waals surface area contributed by atoms with Crippen molar-refractivity contribution in [3.05, 3.63) is 95.2 Å². The number of carbonyl (C=O) groups excluding carboxylic acids is 3. The zero-order valence-corrected chi connectivity index (χ0v) is 18.1. The fraction of sp³-hybridized carbons (Fsp3) is 0.240. The van der Waals surface area contributed by atoms with Gasteiger partial charge in [0.2, 0.25) is 0 Å². The van der Waals surface area contributed by atoms with Gasteiger partial charge in [0, 0.05) is 26.6 Å². The first-order valence-corrected chi connectivity index (χ1v) is 10.5. The zero-order valence-electron chi connectivity index (χ0n) is 18.1. The Kier molecular flexibility index (Phi) is 6.53. The van der Waals surface area contributed by atoms with E-state index in [2.05, 4.69) is 0 Å². The number of rotatable bonds is 6. The largest absolute Gasteiger partial charge is 0.459 e. The van der Waals surface area contributed by atoms with E-state index in [4.69, 9.17) is 9.15 Å². The molecule has 1 aliphatic rings. The van der Waals surface area contributed by atoms with Crippen LogP contribution in [0.4, 0.5) is 4.39 Å². The normalized spacial score (nSPS) is 15.0. The maximum atomic E-state index is 13.1. The number of nitrogens with zero attached hydrogens (tertiary/aromatic N) is 2. The zero-order chi connectivity index (χ0) is 23.4. The van der Waals surface area contributed by atoms with Gasteiger partial charge in [-0.1, -0.05) is 36.4 Å². The molecule has 4 rings (SSSR count). The van der Waals surface area contributed by atoms with Gasteiger partial charge in [0.05, 0.1) is 6.26 Å². The molecule has 0 bridgehead atoms. The molecule has 2 aromatic carbocycles. The van der Waals surface area contributed by atoms with Gasteiger partial charge in [0.1, 0.15) is 11.9 Å². The van der Waals surface area contributed by atoms with Gasteiger partial charge in [-0.25, -0.2) is 9.18 Å². The van der Waals surface area contributed by atoms with Gasteiger partial charge >= 0.3 is 5.97 Å². The number of furan rings is 1. The summed E-state index contributed by atoms with van der Waals surface area (Å²) < 4.78 is 23.6. The maximum absolute atomic E-state index is 13.1. The van der Waals surface area contributed by atoms with E-state index in [0.717, 1.165) is 16.7 Å². The van der Waals surface area contributed by atoms with E-state index in [1.807, 2.05) is 24.3 Å². The Morgan fingerprint density at radius 2 is 1.79 bits per heavy atom. The Morgan fingerprint density at radius 3 is 2.48 bits per heavy atom. The Morgan fingerprint density at radius 1 is 1.06 bits per heavy atom. The summed E-state index contributed by atoms with van der Waals surface area (Å²) >= 11 is 0. The lowest BCUT2D eigenvalue weighted by molar-refractivity contribution is -0.156. The van der Waals surface area contributed by atoms with Gasteiger partial charge in [0.15, 0.2) is 12.4 Å². The summed E-state index contributed by atoms with van der Waals surface area (Å²) in [6, 6.07) is 15.6. The van der Waals surface area contributed by atoms with E-state index in [0.29, 0.717) is 0 Å². The van der Waals surface area contributed by atoms with Gasteiger partial charge in [-0.2, -0.15) is 0 Å². The highest BCUT2D eigenvalue weighted by atomic mass is 19.1. The smallest absolute Gasteiger partial charge is 0.329 e. The van der Waals surface area contributed by atoms with Crippen molar-refractivity contribution in [3.63, 3.8) is 0 Å². The molecule has 2 amide bonds. The average Bonchev–Trinajstić information content (AvgIpc) is 3.37. The van der Waals surface area contributed by atoms with Crippen LogP contribution in [0, 0.1) is 5.82 Å². The van der Waals surface area contributed by atoms with Crippen LogP contribution in [0.1, 0.15) is 27.2 Å². The molecule has 0 saturated heterocycles. The number of carbonyl (C=O) groups is 3. The van der Waals surface area contributed by atoms with Crippen molar-refractivity contribution < 1.29 is 27.9 Å². The Hall–Kier alpha value is -3.94. The predicted molar refractivity (Wildman–Crippen MR) is 116 cm³/mol. The second kappa shape index (κ2) is 9.68. The highest BCUT2D eigenvalue weighted by molar-refractivity contribution is 5.95. The lowest BCUT2D eigenvalue weighted by atomic mass is 9.93. The van der Waals surface area contributed by atoms with E-state index in [9.17, 15) is 18.8 Å². The van der Waals surface area contributed by atoms with Crippen molar-refractivity contribution in [2.45, 2.75) is 25.6 Å². The van der Waals surface area contributed by atoms with Crippen LogP contribution in [0.2, 0.25) is 0 Å². The standard InChI is InChI=1S/C25H23FN2O5/c1-27(14-17-8-10-20(26)11-9-17)23(29)16-33-25(31)21-13-18-5-2-3-6-19(18)15-28(21)24(30)22-7-4-12-32-22/h2-12,21H,13-16H2,1H3/t21-/m0/s1. The molecule has 1 aliphatic heterocycles. The Labute approximate surface area is 190 Å². The summed E-state index contributed by atoms with van der Waals surface area (Å²) in [4.78, 5) is 41.2. The predicted octanol–water partition coefficient (Wildman–Crippen LogP) is 3.19. The van der Waals surface area contributed by atoms with E-state index >= 15 is 0 Å². The minimum absolute atomic E-state index is 0.127. The summed E-state index contributed by atoms with van der Waals surface area (Å²) in [6.45, 7) is 0.0158. The molecule has 1 atom stereocenters. The van der Waals surface area contributed by atoms with E-state index in [-0.39, 0.29) is 31.1 Å². The fourth-order valence-electron chi connectivity index (χ4n) is 3.78. The van der Waals surface area contributed by atoms with Gasteiger partial charge < -0.3 is 19.0 Å². The number of ether oxygens (including phenoxy) is 1. The fourth-order valence-corrected chi connectivity index (χ4v) is 3.78. The van der Waals surface area contributed by atoms with Crippen LogP contribution >= 0.6 is 0 Å². The maximum Gasteiger partial charge on any atom is 0.329 e. The summed E-state index contributed by atoms with van der Waals surface area (Å²) in [5.74, 6) is -1.72. The SMILES string of the molecule is CN(Cc1ccc(F)cc1)C(=O)COC(=O)[C@@H]1Cc2ccccc2CN1C(=O)c1ccco1. The number of esters is 1. The van der Waals surface area contributed by atoms with Crippen LogP contribution in [-0.4, -0.2) is 47.3 Å². The average molecular weight is 450 g/mol. The number of benzene rings is 2. The summed E-state index contributed by atoms with van der Waals surface area (Å²) in [5.41, 5.74) is 2.64. The van der Waals surface area contributed by atoms with Crippen molar-refractivity contribution in [1.82, 2.24) is 9.80 Å². The molecule has 0 N–H and O–H groups in total. The molecule has 0 radical (unpaired) electrons. The molecule has 3 aromatic rings. The molecule has 2 heterocycles. The second-order valence-corrected chi connectivity index (χ2v) is 7.88. The first-order valence-electron chi connectivity index (χ1n) is 10.5. The molecule has 1 aromatic heterocycles. The van der Waals surface area contributed by atoms with Crippen molar-refractivity contribution in [2.75, 3.05) is 13.7 Å². The molecule has 0 fully saturated rings. The van der Waals surface area contributed by atoms with Crippen LogP contribution < -0.4 is 0 Å². The molecule has 0 spiro atoms. The molecule has 170 valence electrons. The monoisotopic (exact) mass is 450 g/mol. The highest BCUT2D eigenvalue weighted by Crippen LogP contribution is 2.26. The molecule has 8 heteroatoms. The van der Waals surface area contributed by atoms with Crippen molar-refractivity contribution in [3.8, 4) is 0 Å². The molecule has 33 heavy (non-hydrogen) atoms. The lowest BCUT2D eigenvalue weighted by Crippen LogP contribution is -2.49. The van der Waals surface area contributed by atoms with Gasteiger partial charge in [-0.05, 0) is 41.0 Å². The Bertz CT molecular complexity index is 1140. The van der Waals surface area contributed by atoms with Gasteiger partial charge in [0.25, 0.3) is 11.8 Å². The summed E-state index contributed by atoms with van der Waals surface area (Å²) in [6.07, 6.45) is 1.68. The quantitative estimate of drug-likeness (QED) is 0.539. The van der Waals surface area contributed by atoms with Crippen LogP contribution in [0.5, 0.6) is 0 Å². The molecule has 7 nitrogen and oxygen atoms in total. The van der Waals surface area contributed by atoms with Crippen LogP contribution in [0.25, 0.3) is 0 Å². The number of fused-ring (bicyclic) bond motifs is 1. The van der Waals surface area contributed by atoms with Gasteiger partial charge in [-0.15, -0.1) is 0 Å². The van der Waals surface area contributed by atoms with Crippen LogP contribution in [0.3, 0.4) is 0 Å². The molecule has 0 saturated carbocycles. The van der Waals surface area contributed by atoms with Crippen molar-refractivity contribution >= 4 is 17.8 Å². The number of amides is 2. The third-order valence-electron chi connectivity index (χ3n) is 5.61. The summed E-state index contributed by atoms with van der Waals surface area (Å²) in [5, 5.41) is 0. The number of halogens is 1. The summed E-state index contributed by atoms with van der Waals surface area (Å²) in [7, 11) is 1.57. The third-order valence-corrected chi connectivity index (χ3v) is 5.61. The van der Waals surface area contributed by atoms with Crippen LogP contribution in [0.15, 0.2) is 71.3 Å². The molecular formula is C25H23FN2O5. The van der Waals surface area contributed by atoms with E-state index in [1.54, 1.807) is 31.3 Å². The van der Waals surface area contributed by atoms with E-state index in [1.165, 1.54) is 28.2 Å². The molecule has 0 aliphatic carbocycles. The van der Waals surface area contributed by atoms with Crippen molar-refractivity contribution in [1.29, 1.82) is 0 Å². The van der Waals surface area contributed by atoms with E-state index < -0.39 is 30.4 Å². The number of hydrogen-bond donors (Lipinski definition) is 0. The minimum Gasteiger partial charge on any atom is -0.459 e. The highest BCUT2D eigenvalue weighted by Gasteiger charge is 2.37. The van der Waals surface area contributed by atoms with Crippen molar-refractivity contribution in [2.24, 2.45) is 0 Å². The van der Waals surface area contributed by atoms with Crippen LogP contribution in [-0.2, 0) is 33.8 Å². The molecular weight excluding hydrogens is 427 g/mol. The topological polar surface area (TPSA) is 80.1 Å². The number of likely N-dealkylation sites (N-methyl/N-ethyl adjacent to an activating group) is 1. The first-order chi connectivity index (χ1) is 15.9. The first kappa shape index (κ1) is 22.3. The lowest BCUT2D eigenvalue weighted by Gasteiger charge is -2.35. The van der Waals surface area contributed by atoms with Gasteiger partial charge in [-0.3, -0.25) is 9.59 Å². The second-order valence-electron chi connectivity index (χ2n) is 7.88.